The van der Waals surface area contributed by atoms with Crippen molar-refractivity contribution in [1.82, 2.24) is 15.1 Å². The van der Waals surface area contributed by atoms with E-state index in [2.05, 4.69) is 10.4 Å². The number of nitrogens with one attached hydrogen (secondary N) is 1. The SMILES string of the molecule is COc1ccc(CC[C@H](C)NC(=O)[C@@H](C)n2cc(Cl)cn2)cc1. The van der Waals surface area contributed by atoms with E-state index >= 15 is 0 Å². The summed E-state index contributed by atoms with van der Waals surface area (Å²) in [5.74, 6) is 0.786. The van der Waals surface area contributed by atoms with Gasteiger partial charge in [-0.05, 0) is 44.4 Å². The van der Waals surface area contributed by atoms with Crippen molar-refractivity contribution >= 4 is 17.5 Å². The summed E-state index contributed by atoms with van der Waals surface area (Å²) in [6, 6.07) is 7.68. The number of aromatic nitrogens is 2. The fourth-order valence-electron chi connectivity index (χ4n) is 2.26. The van der Waals surface area contributed by atoms with Gasteiger partial charge in [0.15, 0.2) is 0 Å². The largest absolute Gasteiger partial charge is 0.497 e. The number of carbonyl (C=O) groups is 1. The van der Waals surface area contributed by atoms with Gasteiger partial charge >= 0.3 is 0 Å². The van der Waals surface area contributed by atoms with Gasteiger partial charge in [-0.15, -0.1) is 0 Å². The lowest BCUT2D eigenvalue weighted by Crippen LogP contribution is -2.37. The lowest BCUT2D eigenvalue weighted by atomic mass is 10.1. The molecule has 0 aliphatic rings. The minimum Gasteiger partial charge on any atom is -0.497 e. The summed E-state index contributed by atoms with van der Waals surface area (Å²) in [6.45, 7) is 3.80. The van der Waals surface area contributed by atoms with Crippen molar-refractivity contribution in [2.75, 3.05) is 7.11 Å². The summed E-state index contributed by atoms with van der Waals surface area (Å²) in [7, 11) is 1.65. The van der Waals surface area contributed by atoms with Crippen molar-refractivity contribution in [3.05, 3.63) is 47.2 Å². The number of methoxy groups -OCH3 is 1. The molecule has 2 rings (SSSR count). The average Bonchev–Trinajstić information content (AvgIpc) is 2.99. The van der Waals surface area contributed by atoms with E-state index in [1.165, 1.54) is 11.8 Å². The molecule has 5 nitrogen and oxygen atoms in total. The molecule has 1 heterocycles. The second kappa shape index (κ2) is 8.02. The number of halogens is 1. The summed E-state index contributed by atoms with van der Waals surface area (Å²) < 4.78 is 6.71. The van der Waals surface area contributed by atoms with Gasteiger partial charge in [0.25, 0.3) is 0 Å². The molecule has 0 radical (unpaired) electrons. The minimum atomic E-state index is -0.383. The highest BCUT2D eigenvalue weighted by Crippen LogP contribution is 2.14. The van der Waals surface area contributed by atoms with Gasteiger partial charge in [0, 0.05) is 12.2 Å². The third-order valence-corrected chi connectivity index (χ3v) is 3.96. The number of amides is 1. The Balaban J connectivity index is 1.81. The van der Waals surface area contributed by atoms with Crippen LogP contribution in [0.4, 0.5) is 0 Å². The van der Waals surface area contributed by atoms with Crippen LogP contribution in [-0.2, 0) is 11.2 Å². The molecule has 2 aromatic rings. The lowest BCUT2D eigenvalue weighted by molar-refractivity contribution is -0.124. The Kier molecular flexibility index (Phi) is 6.04. The van der Waals surface area contributed by atoms with Gasteiger partial charge in [0.2, 0.25) is 5.91 Å². The van der Waals surface area contributed by atoms with Crippen LogP contribution in [0.2, 0.25) is 5.02 Å². The fourth-order valence-corrected chi connectivity index (χ4v) is 2.40. The first-order chi connectivity index (χ1) is 11.0. The zero-order valence-electron chi connectivity index (χ0n) is 13.6. The number of rotatable bonds is 7. The normalized spacial score (nSPS) is 13.4. The summed E-state index contributed by atoms with van der Waals surface area (Å²) in [5.41, 5.74) is 1.22. The number of nitrogens with zero attached hydrogens (tertiary/aromatic N) is 2. The van der Waals surface area contributed by atoms with Gasteiger partial charge in [-0.2, -0.15) is 5.10 Å². The van der Waals surface area contributed by atoms with Crippen molar-refractivity contribution in [2.24, 2.45) is 0 Å². The van der Waals surface area contributed by atoms with Crippen LogP contribution in [0.1, 0.15) is 31.9 Å². The van der Waals surface area contributed by atoms with Gasteiger partial charge in [0.1, 0.15) is 11.8 Å². The number of hydrogen-bond donors (Lipinski definition) is 1. The standard InChI is InChI=1S/C17H22ClN3O2/c1-12(4-5-14-6-8-16(23-3)9-7-14)20-17(22)13(2)21-11-15(18)10-19-21/h6-13H,4-5H2,1-3H3,(H,20,22)/t12-,13+/m0/s1. The Morgan fingerprint density at radius 1 is 1.35 bits per heavy atom. The molecular formula is C17H22ClN3O2. The molecule has 0 bridgehead atoms. The predicted octanol–water partition coefficient (Wildman–Crippen LogP) is 3.24. The van der Waals surface area contributed by atoms with Crippen LogP contribution in [-0.4, -0.2) is 28.8 Å². The van der Waals surface area contributed by atoms with Crippen LogP contribution in [0.25, 0.3) is 0 Å². The molecule has 124 valence electrons. The van der Waals surface area contributed by atoms with Gasteiger partial charge in [-0.25, -0.2) is 0 Å². The molecule has 0 saturated carbocycles. The second-order valence-electron chi connectivity index (χ2n) is 5.61. The number of ether oxygens (including phenoxy) is 1. The quantitative estimate of drug-likeness (QED) is 0.845. The number of carbonyl (C=O) groups excluding carboxylic acids is 1. The first-order valence-corrected chi connectivity index (χ1v) is 8.00. The molecular weight excluding hydrogens is 314 g/mol. The third-order valence-electron chi connectivity index (χ3n) is 3.76. The molecule has 0 aliphatic carbocycles. The Morgan fingerprint density at radius 2 is 2.04 bits per heavy atom. The Morgan fingerprint density at radius 3 is 2.61 bits per heavy atom. The van der Waals surface area contributed by atoms with E-state index in [-0.39, 0.29) is 18.0 Å². The predicted molar refractivity (Wildman–Crippen MR) is 90.9 cm³/mol. The summed E-state index contributed by atoms with van der Waals surface area (Å²) in [4.78, 5) is 12.2. The molecule has 6 heteroatoms. The second-order valence-corrected chi connectivity index (χ2v) is 6.05. The van der Waals surface area contributed by atoms with Crippen molar-refractivity contribution in [2.45, 2.75) is 38.8 Å². The molecule has 1 aromatic carbocycles. The first-order valence-electron chi connectivity index (χ1n) is 7.62. The molecule has 0 fully saturated rings. The van der Waals surface area contributed by atoms with Gasteiger partial charge in [0.05, 0.1) is 18.3 Å². The molecule has 0 aliphatic heterocycles. The van der Waals surface area contributed by atoms with E-state index in [9.17, 15) is 4.79 Å². The molecule has 0 spiro atoms. The Bertz CT molecular complexity index is 640. The maximum atomic E-state index is 12.2. The van der Waals surface area contributed by atoms with E-state index in [1.54, 1.807) is 24.9 Å². The smallest absolute Gasteiger partial charge is 0.244 e. The number of aryl methyl sites for hydroxylation is 1. The topological polar surface area (TPSA) is 56.1 Å². The minimum absolute atomic E-state index is 0.0630. The first kappa shape index (κ1) is 17.3. The van der Waals surface area contributed by atoms with Crippen LogP contribution in [0, 0.1) is 0 Å². The third kappa shape index (κ3) is 4.99. The van der Waals surface area contributed by atoms with Crippen LogP contribution in [0.15, 0.2) is 36.7 Å². The zero-order valence-corrected chi connectivity index (χ0v) is 14.4. The Hall–Kier alpha value is -2.01. The highest BCUT2D eigenvalue weighted by Gasteiger charge is 2.17. The van der Waals surface area contributed by atoms with E-state index in [1.807, 2.05) is 31.2 Å². The monoisotopic (exact) mass is 335 g/mol. The highest BCUT2D eigenvalue weighted by atomic mass is 35.5. The molecule has 0 unspecified atom stereocenters. The highest BCUT2D eigenvalue weighted by molar-refractivity contribution is 6.30. The van der Waals surface area contributed by atoms with E-state index in [0.29, 0.717) is 5.02 Å². The van der Waals surface area contributed by atoms with Crippen LogP contribution >= 0.6 is 11.6 Å². The lowest BCUT2D eigenvalue weighted by Gasteiger charge is -2.18. The zero-order chi connectivity index (χ0) is 16.8. The molecule has 1 aromatic heterocycles. The molecule has 1 amide bonds. The summed E-state index contributed by atoms with van der Waals surface area (Å²) in [5, 5.41) is 7.60. The van der Waals surface area contributed by atoms with Gasteiger partial charge in [-0.3, -0.25) is 9.48 Å². The van der Waals surface area contributed by atoms with Crippen LogP contribution in [0.5, 0.6) is 5.75 Å². The van der Waals surface area contributed by atoms with Crippen LogP contribution < -0.4 is 10.1 Å². The summed E-state index contributed by atoms with van der Waals surface area (Å²) in [6.07, 6.45) is 4.93. The number of benzene rings is 1. The fraction of sp³-hybridized carbons (Fsp3) is 0.412. The Labute approximate surface area is 141 Å². The molecule has 2 atom stereocenters. The van der Waals surface area contributed by atoms with Crippen molar-refractivity contribution in [3.8, 4) is 5.75 Å². The summed E-state index contributed by atoms with van der Waals surface area (Å²) >= 11 is 5.83. The van der Waals surface area contributed by atoms with Gasteiger partial charge in [-0.1, -0.05) is 23.7 Å². The van der Waals surface area contributed by atoms with Gasteiger partial charge < -0.3 is 10.1 Å². The molecule has 1 N–H and O–H groups in total. The van der Waals surface area contributed by atoms with E-state index in [0.717, 1.165) is 18.6 Å². The van der Waals surface area contributed by atoms with E-state index in [4.69, 9.17) is 16.3 Å². The van der Waals surface area contributed by atoms with Crippen molar-refractivity contribution in [3.63, 3.8) is 0 Å². The van der Waals surface area contributed by atoms with Crippen molar-refractivity contribution in [1.29, 1.82) is 0 Å². The van der Waals surface area contributed by atoms with E-state index < -0.39 is 0 Å². The maximum Gasteiger partial charge on any atom is 0.244 e. The number of hydrogen-bond acceptors (Lipinski definition) is 3. The maximum absolute atomic E-state index is 12.2. The molecule has 23 heavy (non-hydrogen) atoms. The molecule has 0 saturated heterocycles. The van der Waals surface area contributed by atoms with Crippen LogP contribution in [0.3, 0.4) is 0 Å². The average molecular weight is 336 g/mol. The van der Waals surface area contributed by atoms with Crippen molar-refractivity contribution < 1.29 is 9.53 Å².